The van der Waals surface area contributed by atoms with Gasteiger partial charge in [0.05, 0.1) is 13.2 Å². The van der Waals surface area contributed by atoms with Crippen LogP contribution >= 0.6 is 0 Å². The number of hydrogen-bond donors (Lipinski definition) is 2. The number of likely N-dealkylation sites (N-methyl/N-ethyl adjacent to an activating group) is 1. The molecule has 1 aliphatic rings. The molecule has 0 atom stereocenters. The van der Waals surface area contributed by atoms with Crippen molar-refractivity contribution in [2.24, 2.45) is 0 Å². The number of anilines is 1. The first-order valence-corrected chi connectivity index (χ1v) is 18.1. The average molecular weight is 590 g/mol. The van der Waals surface area contributed by atoms with Gasteiger partial charge in [0.1, 0.15) is 29.5 Å². The van der Waals surface area contributed by atoms with Crippen LogP contribution in [0.5, 0.6) is 6.01 Å². The summed E-state index contributed by atoms with van der Waals surface area (Å²) in [6.45, 7) is 13.1. The SMILES string of the molecule is CCCCOc1nc(N)c2c(n1)c(CCCCCN1CCN(C)CC1=O)c(C#N)n2COCC[Si](C)(C)C.O=CO. The first-order chi connectivity index (χ1) is 19.6. The van der Waals surface area contributed by atoms with E-state index in [2.05, 4.69) is 42.5 Å². The Morgan fingerprint density at radius 3 is 2.51 bits per heavy atom. The Labute approximate surface area is 244 Å². The van der Waals surface area contributed by atoms with Crippen LogP contribution in [0.15, 0.2) is 0 Å². The number of hydrogen-bond acceptors (Lipinski definition) is 9. The Kier molecular flexibility index (Phi) is 14.0. The molecule has 0 radical (unpaired) electrons. The third-order valence-electron chi connectivity index (χ3n) is 6.92. The number of carbonyl (C=O) groups is 2. The third-order valence-corrected chi connectivity index (χ3v) is 8.62. The summed E-state index contributed by atoms with van der Waals surface area (Å²) in [5, 5.41) is 17.0. The number of carbonyl (C=O) groups excluding carboxylic acids is 1. The Balaban J connectivity index is 0.00000187. The minimum atomic E-state index is -1.24. The minimum Gasteiger partial charge on any atom is -0.483 e. The summed E-state index contributed by atoms with van der Waals surface area (Å²) < 4.78 is 13.6. The van der Waals surface area contributed by atoms with E-state index in [1.807, 2.05) is 16.5 Å². The fraction of sp³-hybridized carbons (Fsp3) is 0.679. The van der Waals surface area contributed by atoms with Crippen LogP contribution in [0.2, 0.25) is 25.7 Å². The van der Waals surface area contributed by atoms with Crippen LogP contribution in [0.1, 0.15) is 50.3 Å². The first-order valence-electron chi connectivity index (χ1n) is 14.4. The monoisotopic (exact) mass is 589 g/mol. The van der Waals surface area contributed by atoms with Crippen molar-refractivity contribution in [3.63, 3.8) is 0 Å². The molecule has 0 unspecified atom stereocenters. The van der Waals surface area contributed by atoms with Crippen molar-refractivity contribution in [3.05, 3.63) is 11.3 Å². The number of nitrogens with two attached hydrogens (primary N) is 1. The van der Waals surface area contributed by atoms with Crippen LogP contribution in [0, 0.1) is 11.3 Å². The van der Waals surface area contributed by atoms with Crippen molar-refractivity contribution >= 4 is 37.3 Å². The molecule has 3 heterocycles. The van der Waals surface area contributed by atoms with Crippen LogP contribution in [0.25, 0.3) is 11.0 Å². The van der Waals surface area contributed by atoms with Crippen molar-refractivity contribution in [1.29, 1.82) is 5.26 Å². The highest BCUT2D eigenvalue weighted by atomic mass is 28.3. The molecule has 3 N–H and O–H groups in total. The first kappa shape index (κ1) is 34.0. The summed E-state index contributed by atoms with van der Waals surface area (Å²) in [7, 11) is 0.740. The molecule has 41 heavy (non-hydrogen) atoms. The molecule has 0 aliphatic carbocycles. The number of nitrogens with zero attached hydrogens (tertiary/aromatic N) is 6. The van der Waals surface area contributed by atoms with E-state index in [0.717, 1.165) is 63.3 Å². The largest absolute Gasteiger partial charge is 0.483 e. The second-order valence-electron chi connectivity index (χ2n) is 11.5. The summed E-state index contributed by atoms with van der Waals surface area (Å²) in [6, 6.07) is 3.67. The molecule has 3 rings (SSSR count). The number of ether oxygens (including phenoxy) is 2. The average Bonchev–Trinajstić information content (AvgIpc) is 3.20. The predicted molar refractivity (Wildman–Crippen MR) is 161 cm³/mol. The molecule has 0 saturated carbocycles. The highest BCUT2D eigenvalue weighted by molar-refractivity contribution is 6.76. The van der Waals surface area contributed by atoms with Gasteiger partial charge in [-0.25, -0.2) is 0 Å². The van der Waals surface area contributed by atoms with Crippen LogP contribution in [0.3, 0.4) is 0 Å². The van der Waals surface area contributed by atoms with Gasteiger partial charge in [-0.3, -0.25) is 14.5 Å². The van der Waals surface area contributed by atoms with Crippen LogP contribution in [-0.2, 0) is 27.5 Å². The number of carboxylic acid groups (broad SMARTS) is 1. The van der Waals surface area contributed by atoms with Gasteiger partial charge in [-0.2, -0.15) is 15.2 Å². The fourth-order valence-electron chi connectivity index (χ4n) is 4.56. The highest BCUT2D eigenvalue weighted by Crippen LogP contribution is 2.31. The summed E-state index contributed by atoms with van der Waals surface area (Å²) in [5.74, 6) is 0.497. The van der Waals surface area contributed by atoms with Gasteiger partial charge in [0.15, 0.2) is 5.82 Å². The Bertz CT molecular complexity index is 1180. The molecule has 0 bridgehead atoms. The van der Waals surface area contributed by atoms with Crippen molar-refractivity contribution in [3.8, 4) is 12.1 Å². The number of aromatic nitrogens is 3. The zero-order valence-electron chi connectivity index (χ0n) is 25.3. The lowest BCUT2D eigenvalue weighted by atomic mass is 10.1. The molecule has 2 aromatic heterocycles. The summed E-state index contributed by atoms with van der Waals surface area (Å²) >= 11 is 0. The third kappa shape index (κ3) is 10.6. The lowest BCUT2D eigenvalue weighted by Crippen LogP contribution is -2.48. The van der Waals surface area contributed by atoms with Crippen molar-refractivity contribution in [2.45, 2.75) is 77.9 Å². The maximum atomic E-state index is 12.2. The lowest BCUT2D eigenvalue weighted by molar-refractivity contribution is -0.135. The summed E-state index contributed by atoms with van der Waals surface area (Å²) in [4.78, 5) is 33.7. The van der Waals surface area contributed by atoms with Gasteiger partial charge in [0.2, 0.25) is 5.91 Å². The van der Waals surface area contributed by atoms with Crippen molar-refractivity contribution < 1.29 is 24.2 Å². The predicted octanol–water partition coefficient (Wildman–Crippen LogP) is 3.56. The zero-order chi connectivity index (χ0) is 30.4. The van der Waals surface area contributed by atoms with Gasteiger partial charge in [0, 0.05) is 39.9 Å². The van der Waals surface area contributed by atoms with E-state index in [1.165, 1.54) is 0 Å². The molecule has 0 spiro atoms. The number of aryl methyl sites for hydroxylation is 1. The molecule has 1 aliphatic heterocycles. The maximum absolute atomic E-state index is 12.2. The molecule has 12 nitrogen and oxygen atoms in total. The van der Waals surface area contributed by atoms with E-state index in [-0.39, 0.29) is 25.1 Å². The van der Waals surface area contributed by atoms with Gasteiger partial charge in [-0.1, -0.05) is 39.4 Å². The van der Waals surface area contributed by atoms with E-state index < -0.39 is 8.07 Å². The molecule has 13 heteroatoms. The Morgan fingerprint density at radius 2 is 1.88 bits per heavy atom. The summed E-state index contributed by atoms with van der Waals surface area (Å²) in [5.41, 5.74) is 9.09. The second kappa shape index (κ2) is 16.9. The molecule has 0 aromatic carbocycles. The molecule has 1 amide bonds. The Morgan fingerprint density at radius 1 is 1.15 bits per heavy atom. The highest BCUT2D eigenvalue weighted by Gasteiger charge is 2.24. The second-order valence-corrected chi connectivity index (χ2v) is 17.2. The quantitative estimate of drug-likeness (QED) is 0.179. The van der Waals surface area contributed by atoms with E-state index in [1.54, 1.807) is 0 Å². The maximum Gasteiger partial charge on any atom is 0.319 e. The van der Waals surface area contributed by atoms with Crippen LogP contribution in [0.4, 0.5) is 5.82 Å². The molecule has 228 valence electrons. The van der Waals surface area contributed by atoms with E-state index in [9.17, 15) is 10.1 Å². The molecule has 2 aromatic rings. The van der Waals surface area contributed by atoms with Gasteiger partial charge in [-0.15, -0.1) is 0 Å². The number of piperazine rings is 1. The number of fused-ring (bicyclic) bond motifs is 1. The van der Waals surface area contributed by atoms with Crippen molar-refractivity contribution in [1.82, 2.24) is 24.3 Å². The van der Waals surface area contributed by atoms with Gasteiger partial charge in [-0.05, 0) is 38.8 Å². The van der Waals surface area contributed by atoms with Gasteiger partial charge < -0.3 is 29.8 Å². The number of amides is 1. The summed E-state index contributed by atoms with van der Waals surface area (Å²) in [6.07, 6.45) is 5.35. The molecular formula is C28H47N7O5Si. The number of unbranched alkanes of at least 4 members (excludes halogenated alkanes) is 3. The smallest absolute Gasteiger partial charge is 0.319 e. The van der Waals surface area contributed by atoms with Gasteiger partial charge in [0.25, 0.3) is 6.47 Å². The minimum absolute atomic E-state index is 0.200. The Hall–Kier alpha value is -3.21. The zero-order valence-corrected chi connectivity index (χ0v) is 26.3. The standard InChI is InChI=1S/C27H45N7O3Si.CH2O2/c1-6-7-15-37-27-30-24-21(11-9-8-10-12-33-14-13-32(2)19-23(33)35)22(18-28)34(25(24)26(29)31-27)20-36-16-17-38(3,4)5;2-1-3/h6-17,19-20H2,1-5H3,(H2,29,30,31);1H,(H,2,3). The number of rotatable bonds is 15. The normalized spacial score (nSPS) is 14.0. The van der Waals surface area contributed by atoms with Crippen molar-refractivity contribution in [2.75, 3.05) is 52.2 Å². The van der Waals surface area contributed by atoms with Gasteiger partial charge >= 0.3 is 6.01 Å². The number of nitrogen functional groups attached to an aromatic ring is 1. The van der Waals surface area contributed by atoms with Crippen LogP contribution < -0.4 is 10.5 Å². The van der Waals surface area contributed by atoms with Crippen LogP contribution in [-0.4, -0.2) is 96.3 Å². The topological polar surface area (TPSA) is 160 Å². The molecule has 1 fully saturated rings. The van der Waals surface area contributed by atoms with E-state index in [0.29, 0.717) is 48.7 Å². The van der Waals surface area contributed by atoms with E-state index in [4.69, 9.17) is 30.1 Å². The molecular weight excluding hydrogens is 542 g/mol. The number of nitriles is 1. The fourth-order valence-corrected chi connectivity index (χ4v) is 5.32. The molecule has 1 saturated heterocycles. The lowest BCUT2D eigenvalue weighted by Gasteiger charge is -2.32. The van der Waals surface area contributed by atoms with E-state index >= 15 is 0 Å².